The molecule has 0 heterocycles. The Labute approximate surface area is 157 Å². The molecule has 0 saturated carbocycles. The molecule has 26 heavy (non-hydrogen) atoms. The number of hydrogen-bond donors (Lipinski definition) is 0. The third kappa shape index (κ3) is 5.45. The van der Waals surface area contributed by atoms with Crippen LogP contribution in [0.3, 0.4) is 0 Å². The molecule has 0 saturated heterocycles. The number of hydrogen-bond acceptors (Lipinski definition) is 4. The Kier molecular flexibility index (Phi) is 7.87. The van der Waals surface area contributed by atoms with Crippen molar-refractivity contribution < 1.29 is 0 Å². The second kappa shape index (κ2) is 10.4. The van der Waals surface area contributed by atoms with Crippen molar-refractivity contribution in [2.24, 2.45) is 10.2 Å². The molecule has 0 radical (unpaired) electrons. The molecule has 0 aliphatic heterocycles. The highest BCUT2D eigenvalue weighted by Crippen LogP contribution is 2.15. The van der Waals surface area contributed by atoms with E-state index in [4.69, 9.17) is 0 Å². The van der Waals surface area contributed by atoms with E-state index in [9.17, 15) is 0 Å². The van der Waals surface area contributed by atoms with Crippen LogP contribution in [0.4, 0.5) is 11.4 Å². The molecule has 0 unspecified atom stereocenters. The van der Waals surface area contributed by atoms with Crippen LogP contribution in [0.5, 0.6) is 0 Å². The fourth-order valence-corrected chi connectivity index (χ4v) is 2.92. The molecule has 4 heteroatoms. The van der Waals surface area contributed by atoms with Crippen molar-refractivity contribution in [2.75, 3.05) is 36.0 Å². The Bertz CT molecular complexity index is 630. The van der Waals surface area contributed by atoms with Gasteiger partial charge < -0.3 is 9.80 Å². The van der Waals surface area contributed by atoms with Crippen molar-refractivity contribution in [3.63, 3.8) is 0 Å². The summed E-state index contributed by atoms with van der Waals surface area (Å²) >= 11 is 0. The summed E-state index contributed by atoms with van der Waals surface area (Å²) in [5.41, 5.74) is 4.58. The molecule has 0 bridgehead atoms. The monoisotopic (exact) mass is 350 g/mol. The van der Waals surface area contributed by atoms with Gasteiger partial charge in [-0.1, -0.05) is 24.3 Å². The quantitative estimate of drug-likeness (QED) is 0.479. The highest BCUT2D eigenvalue weighted by molar-refractivity contribution is 5.83. The number of benzene rings is 2. The van der Waals surface area contributed by atoms with Crippen LogP contribution in [0.15, 0.2) is 58.7 Å². The van der Waals surface area contributed by atoms with Crippen LogP contribution in [-0.4, -0.2) is 38.6 Å². The van der Waals surface area contributed by atoms with Crippen molar-refractivity contribution >= 4 is 23.8 Å². The first-order chi connectivity index (χ1) is 12.7. The summed E-state index contributed by atoms with van der Waals surface area (Å²) < 4.78 is 0. The van der Waals surface area contributed by atoms with Crippen LogP contribution in [-0.2, 0) is 0 Å². The molecule has 4 nitrogen and oxygen atoms in total. The summed E-state index contributed by atoms with van der Waals surface area (Å²) in [6.07, 6.45) is 3.57. The molecule has 0 aromatic heterocycles. The number of rotatable bonds is 9. The van der Waals surface area contributed by atoms with Crippen LogP contribution in [0, 0.1) is 0 Å². The average Bonchev–Trinajstić information content (AvgIpc) is 2.69. The lowest BCUT2D eigenvalue weighted by atomic mass is 10.2. The van der Waals surface area contributed by atoms with Crippen LogP contribution >= 0.6 is 0 Å². The smallest absolute Gasteiger partial charge is 0.0568 e. The first kappa shape index (κ1) is 19.7. The van der Waals surface area contributed by atoms with Crippen LogP contribution in [0.2, 0.25) is 0 Å². The molecule has 0 aliphatic rings. The summed E-state index contributed by atoms with van der Waals surface area (Å²) in [5.74, 6) is 0. The SMILES string of the molecule is CCN(CC)c1ccc(/C=N/N=C/c2ccc(N(CC)CC)cc2)cc1. The standard InChI is InChI=1S/C22H30N4/c1-5-25(6-2)21-13-9-19(10-14-21)17-23-24-18-20-11-15-22(16-12-20)26(7-3)8-4/h9-18H,5-8H2,1-4H3/b23-17+,24-18+. The lowest BCUT2D eigenvalue weighted by Crippen LogP contribution is -2.21. The molecular weight excluding hydrogens is 320 g/mol. The lowest BCUT2D eigenvalue weighted by Gasteiger charge is -2.20. The summed E-state index contributed by atoms with van der Waals surface area (Å²) in [7, 11) is 0. The van der Waals surface area contributed by atoms with E-state index in [1.165, 1.54) is 11.4 Å². The molecule has 0 aliphatic carbocycles. The zero-order chi connectivity index (χ0) is 18.8. The zero-order valence-electron chi connectivity index (χ0n) is 16.4. The van der Waals surface area contributed by atoms with Gasteiger partial charge in [-0.05, 0) is 63.1 Å². The Balaban J connectivity index is 1.95. The van der Waals surface area contributed by atoms with E-state index in [2.05, 4.69) is 96.2 Å². The highest BCUT2D eigenvalue weighted by atomic mass is 15.2. The zero-order valence-corrected chi connectivity index (χ0v) is 16.4. The summed E-state index contributed by atoms with van der Waals surface area (Å²) in [6.45, 7) is 12.7. The van der Waals surface area contributed by atoms with Gasteiger partial charge >= 0.3 is 0 Å². The minimum absolute atomic E-state index is 1.02. The van der Waals surface area contributed by atoms with Gasteiger partial charge in [-0.2, -0.15) is 10.2 Å². The van der Waals surface area contributed by atoms with E-state index in [1.54, 1.807) is 12.4 Å². The second-order valence-electron chi connectivity index (χ2n) is 6.02. The molecule has 0 spiro atoms. The van der Waals surface area contributed by atoms with Gasteiger partial charge in [0.25, 0.3) is 0 Å². The third-order valence-electron chi connectivity index (χ3n) is 4.52. The summed E-state index contributed by atoms with van der Waals surface area (Å²) in [5, 5.41) is 8.32. The van der Waals surface area contributed by atoms with E-state index < -0.39 is 0 Å². The van der Waals surface area contributed by atoms with Crippen LogP contribution < -0.4 is 9.80 Å². The molecule has 0 fully saturated rings. The van der Waals surface area contributed by atoms with E-state index in [0.717, 1.165) is 37.3 Å². The molecular formula is C22H30N4. The number of anilines is 2. The maximum absolute atomic E-state index is 4.16. The first-order valence-corrected chi connectivity index (χ1v) is 9.48. The Morgan fingerprint density at radius 3 is 1.15 bits per heavy atom. The van der Waals surface area contributed by atoms with Gasteiger partial charge in [0.1, 0.15) is 0 Å². The average molecular weight is 351 g/mol. The summed E-state index contributed by atoms with van der Waals surface area (Å²) in [4.78, 5) is 4.64. The van der Waals surface area contributed by atoms with E-state index in [0.29, 0.717) is 0 Å². The third-order valence-corrected chi connectivity index (χ3v) is 4.52. The first-order valence-electron chi connectivity index (χ1n) is 9.48. The molecule has 0 atom stereocenters. The van der Waals surface area contributed by atoms with Gasteiger partial charge in [0, 0.05) is 37.6 Å². The Morgan fingerprint density at radius 2 is 0.885 bits per heavy atom. The van der Waals surface area contributed by atoms with E-state index in [-0.39, 0.29) is 0 Å². The number of nitrogens with zero attached hydrogens (tertiary/aromatic N) is 4. The van der Waals surface area contributed by atoms with Crippen molar-refractivity contribution in [1.29, 1.82) is 0 Å². The predicted molar refractivity (Wildman–Crippen MR) is 115 cm³/mol. The maximum atomic E-state index is 4.16. The van der Waals surface area contributed by atoms with Gasteiger partial charge in [-0.25, -0.2) is 0 Å². The van der Waals surface area contributed by atoms with Gasteiger partial charge in [-0.15, -0.1) is 0 Å². The second-order valence-corrected chi connectivity index (χ2v) is 6.02. The molecule has 0 N–H and O–H groups in total. The maximum Gasteiger partial charge on any atom is 0.0568 e. The topological polar surface area (TPSA) is 31.2 Å². The summed E-state index contributed by atoms with van der Waals surface area (Å²) in [6, 6.07) is 16.8. The van der Waals surface area contributed by atoms with Crippen molar-refractivity contribution in [3.05, 3.63) is 59.7 Å². The van der Waals surface area contributed by atoms with Crippen LogP contribution in [0.1, 0.15) is 38.8 Å². The fourth-order valence-electron chi connectivity index (χ4n) is 2.92. The molecule has 138 valence electrons. The normalized spacial score (nSPS) is 11.4. The lowest BCUT2D eigenvalue weighted by molar-refractivity contribution is 0.866. The largest absolute Gasteiger partial charge is 0.372 e. The van der Waals surface area contributed by atoms with E-state index >= 15 is 0 Å². The fraction of sp³-hybridized carbons (Fsp3) is 0.364. The van der Waals surface area contributed by atoms with Gasteiger partial charge in [0.05, 0.1) is 12.4 Å². The van der Waals surface area contributed by atoms with Crippen LogP contribution in [0.25, 0.3) is 0 Å². The minimum Gasteiger partial charge on any atom is -0.372 e. The van der Waals surface area contributed by atoms with Gasteiger partial charge in [0.2, 0.25) is 0 Å². The minimum atomic E-state index is 1.02. The molecule has 2 aromatic rings. The Morgan fingerprint density at radius 1 is 0.577 bits per heavy atom. The molecule has 2 rings (SSSR count). The van der Waals surface area contributed by atoms with Crippen molar-refractivity contribution in [3.8, 4) is 0 Å². The molecule has 0 amide bonds. The van der Waals surface area contributed by atoms with E-state index in [1.807, 2.05) is 0 Å². The van der Waals surface area contributed by atoms with Gasteiger partial charge in [0.15, 0.2) is 0 Å². The van der Waals surface area contributed by atoms with Crippen molar-refractivity contribution in [1.82, 2.24) is 0 Å². The van der Waals surface area contributed by atoms with Crippen molar-refractivity contribution in [2.45, 2.75) is 27.7 Å². The predicted octanol–water partition coefficient (Wildman–Crippen LogP) is 4.83. The highest BCUT2D eigenvalue weighted by Gasteiger charge is 2.01. The molecule has 2 aromatic carbocycles. The Hall–Kier alpha value is -2.62. The van der Waals surface area contributed by atoms with Gasteiger partial charge in [-0.3, -0.25) is 0 Å².